The van der Waals surface area contributed by atoms with Crippen molar-refractivity contribution in [3.8, 4) is 6.07 Å². The van der Waals surface area contributed by atoms with E-state index in [0.29, 0.717) is 35.4 Å². The molecule has 0 aromatic carbocycles. The second kappa shape index (κ2) is 5.83. The number of nitriles is 1. The van der Waals surface area contributed by atoms with Crippen molar-refractivity contribution in [2.45, 2.75) is 65.2 Å². The van der Waals surface area contributed by atoms with Gasteiger partial charge in [0.1, 0.15) is 0 Å². The summed E-state index contributed by atoms with van der Waals surface area (Å²) in [4.78, 5) is 11.9. The highest BCUT2D eigenvalue weighted by atomic mass is 16.1. The van der Waals surface area contributed by atoms with Crippen molar-refractivity contribution < 1.29 is 4.79 Å². The smallest absolute Gasteiger partial charge is 0.155 e. The third-order valence-electron chi connectivity index (χ3n) is 8.83. The zero-order valence-electron chi connectivity index (χ0n) is 15.8. The molecule has 0 unspecified atom stereocenters. The van der Waals surface area contributed by atoms with Gasteiger partial charge in [-0.05, 0) is 93.0 Å². The van der Waals surface area contributed by atoms with Gasteiger partial charge in [-0.15, -0.1) is 6.58 Å². The summed E-state index contributed by atoms with van der Waals surface area (Å²) in [6, 6.07) is 2.74. The quantitative estimate of drug-likeness (QED) is 0.628. The van der Waals surface area contributed by atoms with Gasteiger partial charge in [-0.1, -0.05) is 18.6 Å². The van der Waals surface area contributed by atoms with Crippen molar-refractivity contribution in [2.75, 3.05) is 0 Å². The number of carbonyl (C=O) groups excluding carboxylic acids is 1. The maximum Gasteiger partial charge on any atom is 0.155 e. The Balaban J connectivity index is 1.75. The topological polar surface area (TPSA) is 40.9 Å². The van der Waals surface area contributed by atoms with Crippen molar-refractivity contribution in [1.82, 2.24) is 0 Å². The van der Waals surface area contributed by atoms with Crippen LogP contribution in [0, 0.1) is 51.8 Å². The molecule has 0 aromatic rings. The van der Waals surface area contributed by atoms with Crippen molar-refractivity contribution >= 4 is 5.78 Å². The molecule has 0 aromatic heterocycles. The molecule has 0 aliphatic heterocycles. The Morgan fingerprint density at radius 1 is 1.36 bits per heavy atom. The third kappa shape index (κ3) is 2.17. The summed E-state index contributed by atoms with van der Waals surface area (Å²) in [5, 5.41) is 9.98. The van der Waals surface area contributed by atoms with Crippen molar-refractivity contribution in [3.05, 3.63) is 24.3 Å². The van der Waals surface area contributed by atoms with Crippen LogP contribution >= 0.6 is 0 Å². The molecule has 0 radical (unpaired) electrons. The summed E-state index contributed by atoms with van der Waals surface area (Å²) in [6.07, 6.45) is 12.8. The average Bonchev–Trinajstić information content (AvgIpc) is 2.94. The van der Waals surface area contributed by atoms with E-state index < -0.39 is 0 Å². The van der Waals surface area contributed by atoms with Crippen molar-refractivity contribution in [3.63, 3.8) is 0 Å². The van der Waals surface area contributed by atoms with Crippen LogP contribution in [0.3, 0.4) is 0 Å². The first-order valence-electron chi connectivity index (χ1n) is 10.3. The van der Waals surface area contributed by atoms with Gasteiger partial charge in [0.25, 0.3) is 0 Å². The van der Waals surface area contributed by atoms with E-state index in [0.717, 1.165) is 32.1 Å². The molecule has 3 fully saturated rings. The number of rotatable bonds is 2. The maximum atomic E-state index is 11.9. The lowest BCUT2D eigenvalue weighted by Gasteiger charge is -2.58. The Hall–Kier alpha value is -1.36. The van der Waals surface area contributed by atoms with Crippen LogP contribution in [0.25, 0.3) is 0 Å². The van der Waals surface area contributed by atoms with Crippen LogP contribution in [0.2, 0.25) is 0 Å². The van der Waals surface area contributed by atoms with Crippen LogP contribution in [-0.2, 0) is 4.79 Å². The zero-order valence-corrected chi connectivity index (χ0v) is 15.8. The Morgan fingerprint density at radius 3 is 2.84 bits per heavy atom. The molecule has 0 spiro atoms. The summed E-state index contributed by atoms with van der Waals surface area (Å²) < 4.78 is 0. The van der Waals surface area contributed by atoms with E-state index >= 15 is 0 Å². The second-order valence-corrected chi connectivity index (χ2v) is 9.31. The molecule has 0 N–H and O–H groups in total. The molecule has 4 aliphatic carbocycles. The van der Waals surface area contributed by atoms with Gasteiger partial charge in [0, 0.05) is 6.42 Å². The van der Waals surface area contributed by atoms with Gasteiger partial charge >= 0.3 is 0 Å². The van der Waals surface area contributed by atoms with Gasteiger partial charge in [-0.2, -0.15) is 5.26 Å². The Morgan fingerprint density at radius 2 is 2.16 bits per heavy atom. The van der Waals surface area contributed by atoms with Crippen LogP contribution < -0.4 is 0 Å². The van der Waals surface area contributed by atoms with Gasteiger partial charge in [-0.25, -0.2) is 0 Å². The number of nitrogens with zero attached hydrogens (tertiary/aromatic N) is 1. The Kier molecular flexibility index (Phi) is 3.98. The van der Waals surface area contributed by atoms with Crippen LogP contribution in [0.4, 0.5) is 0 Å². The van der Waals surface area contributed by atoms with E-state index in [1.54, 1.807) is 0 Å². The predicted molar refractivity (Wildman–Crippen MR) is 99.5 cm³/mol. The van der Waals surface area contributed by atoms with Gasteiger partial charge in [-0.3, -0.25) is 4.79 Å². The predicted octanol–water partition coefficient (Wildman–Crippen LogP) is 5.46. The highest BCUT2D eigenvalue weighted by molar-refractivity contribution is 5.91. The molecule has 0 bridgehead atoms. The van der Waals surface area contributed by atoms with E-state index in [-0.39, 0.29) is 10.8 Å². The summed E-state index contributed by atoms with van der Waals surface area (Å²) in [7, 11) is 0. The Labute approximate surface area is 152 Å². The minimum absolute atomic E-state index is 0.165. The monoisotopic (exact) mass is 337 g/mol. The van der Waals surface area contributed by atoms with Gasteiger partial charge in [0.2, 0.25) is 0 Å². The molecule has 2 nitrogen and oxygen atoms in total. The van der Waals surface area contributed by atoms with Crippen molar-refractivity contribution in [2.24, 2.45) is 40.4 Å². The summed E-state index contributed by atoms with van der Waals surface area (Å²) in [6.45, 7) is 8.71. The molecule has 134 valence electrons. The number of ketones is 1. The van der Waals surface area contributed by atoms with Gasteiger partial charge < -0.3 is 0 Å². The first-order valence-corrected chi connectivity index (χ1v) is 10.3. The largest absolute Gasteiger partial charge is 0.295 e. The molecule has 4 aliphatic rings. The second-order valence-electron chi connectivity index (χ2n) is 9.31. The summed E-state index contributed by atoms with van der Waals surface area (Å²) in [5.74, 6) is 3.43. The highest BCUT2D eigenvalue weighted by Crippen LogP contribution is 2.69. The molecular formula is C23H31NO. The van der Waals surface area contributed by atoms with E-state index in [2.05, 4.69) is 32.6 Å². The molecule has 0 heterocycles. The summed E-state index contributed by atoms with van der Waals surface area (Å²) in [5.41, 5.74) is 1.44. The van der Waals surface area contributed by atoms with Crippen LogP contribution in [-0.4, -0.2) is 5.78 Å². The molecular weight excluding hydrogens is 306 g/mol. The third-order valence-corrected chi connectivity index (χ3v) is 8.83. The summed E-state index contributed by atoms with van der Waals surface area (Å²) >= 11 is 0. The first kappa shape index (κ1) is 17.1. The van der Waals surface area contributed by atoms with Gasteiger partial charge in [0.15, 0.2) is 5.78 Å². The van der Waals surface area contributed by atoms with Crippen molar-refractivity contribution in [1.29, 1.82) is 5.26 Å². The SMILES string of the molecule is C=C[C@@H]1CC2=CC(=O)CC[C@@H]2[C@H]2CC[C@@]3(CC)[C@@H](CC[C@]3(C)C#N)[C@@H]21. The van der Waals surface area contributed by atoms with E-state index in [4.69, 9.17) is 0 Å². The van der Waals surface area contributed by atoms with Crippen LogP contribution in [0.5, 0.6) is 0 Å². The van der Waals surface area contributed by atoms with Gasteiger partial charge in [0.05, 0.1) is 11.5 Å². The number of allylic oxidation sites excluding steroid dienone is 2. The standard InChI is InChI=1S/C23H31NO/c1-4-15-12-16-13-17(25)6-7-18(16)19-8-11-23(5-2)20(21(15)19)9-10-22(23,3)14-24/h4,13,15,18-21H,1,5-12H2,2-3H3/t15-,18+,19-,20+,21-,22-,23+/m1/s1. The minimum atomic E-state index is -0.165. The zero-order chi connectivity index (χ0) is 17.8. The molecule has 0 saturated heterocycles. The minimum Gasteiger partial charge on any atom is -0.295 e. The fourth-order valence-electron chi connectivity index (χ4n) is 7.61. The molecule has 7 atom stereocenters. The lowest BCUT2D eigenvalue weighted by atomic mass is 9.46. The normalized spacial score (nSPS) is 48.6. The molecule has 3 saturated carbocycles. The molecule has 2 heteroatoms. The molecule has 0 amide bonds. The number of fused-ring (bicyclic) bond motifs is 5. The highest BCUT2D eigenvalue weighted by Gasteiger charge is 2.63. The van der Waals surface area contributed by atoms with E-state index in [1.807, 2.05) is 6.08 Å². The Bertz CT molecular complexity index is 670. The van der Waals surface area contributed by atoms with Crippen LogP contribution in [0.15, 0.2) is 24.3 Å². The molecule has 25 heavy (non-hydrogen) atoms. The first-order chi connectivity index (χ1) is 12.0. The molecule has 4 rings (SSSR count). The fraction of sp³-hybridized carbons (Fsp3) is 0.739. The fourth-order valence-corrected chi connectivity index (χ4v) is 7.61. The van der Waals surface area contributed by atoms with E-state index in [1.165, 1.54) is 24.8 Å². The lowest BCUT2D eigenvalue weighted by Crippen LogP contribution is -2.52. The van der Waals surface area contributed by atoms with Crippen LogP contribution in [0.1, 0.15) is 65.2 Å². The number of carbonyl (C=O) groups is 1. The van der Waals surface area contributed by atoms with E-state index in [9.17, 15) is 10.1 Å². The number of hydrogen-bond acceptors (Lipinski definition) is 2. The maximum absolute atomic E-state index is 11.9. The lowest BCUT2D eigenvalue weighted by molar-refractivity contribution is -0.116. The number of hydrogen-bond donors (Lipinski definition) is 0. The average molecular weight is 338 g/mol.